The highest BCUT2D eigenvalue weighted by Crippen LogP contribution is 2.18. The Kier molecular flexibility index (Phi) is 2.68. The van der Waals surface area contributed by atoms with Crippen molar-refractivity contribution in [3.8, 4) is 0 Å². The normalized spacial score (nSPS) is 10.6. The maximum absolute atomic E-state index is 12.8. The molecule has 0 spiro atoms. The van der Waals surface area contributed by atoms with Crippen LogP contribution in [0.2, 0.25) is 0 Å². The topological polar surface area (TPSA) is 70.7 Å². The molecule has 0 aliphatic heterocycles. The first kappa shape index (κ1) is 11.3. The van der Waals surface area contributed by atoms with Gasteiger partial charge in [0, 0.05) is 11.8 Å². The van der Waals surface area contributed by atoms with Crippen LogP contribution < -0.4 is 5.32 Å². The van der Waals surface area contributed by atoms with Gasteiger partial charge in [-0.25, -0.2) is 9.37 Å². The van der Waals surface area contributed by atoms with Crippen LogP contribution in [-0.2, 0) is 0 Å². The Labute approximate surface area is 107 Å². The van der Waals surface area contributed by atoms with Gasteiger partial charge >= 0.3 is 0 Å². The van der Waals surface area contributed by atoms with E-state index in [9.17, 15) is 9.18 Å². The van der Waals surface area contributed by atoms with Crippen molar-refractivity contribution in [2.75, 3.05) is 5.32 Å². The summed E-state index contributed by atoms with van der Waals surface area (Å²) in [4.78, 5) is 16.0. The van der Waals surface area contributed by atoms with E-state index in [-0.39, 0.29) is 11.7 Å². The summed E-state index contributed by atoms with van der Waals surface area (Å²) in [5.74, 6) is -0.250. The summed E-state index contributed by atoms with van der Waals surface area (Å²) in [7, 11) is 0. The molecule has 1 aromatic carbocycles. The summed E-state index contributed by atoms with van der Waals surface area (Å²) in [5.41, 5.74) is 0.893. The predicted octanol–water partition coefficient (Wildman–Crippen LogP) is 2.35. The molecule has 3 aromatic rings. The van der Waals surface area contributed by atoms with E-state index < -0.39 is 0 Å². The average molecular weight is 256 g/mol. The molecule has 0 unspecified atom stereocenters. The second-order valence-electron chi connectivity index (χ2n) is 3.93. The Hall–Kier alpha value is -2.76. The number of nitrogens with one attached hydrogen (secondary N) is 2. The Morgan fingerprint density at radius 1 is 1.21 bits per heavy atom. The molecule has 2 N–H and O–H groups in total. The molecule has 0 saturated heterocycles. The number of rotatable bonds is 2. The zero-order chi connectivity index (χ0) is 13.2. The number of carbonyl (C=O) groups excluding carboxylic acids is 1. The predicted molar refractivity (Wildman–Crippen MR) is 68.2 cm³/mol. The molecule has 94 valence electrons. The number of amides is 1. The van der Waals surface area contributed by atoms with E-state index in [1.807, 2.05) is 0 Å². The highest BCUT2D eigenvalue weighted by Gasteiger charge is 2.10. The highest BCUT2D eigenvalue weighted by atomic mass is 19.1. The molecule has 0 bridgehead atoms. The van der Waals surface area contributed by atoms with Crippen molar-refractivity contribution in [2.45, 2.75) is 0 Å². The molecule has 1 amide bonds. The van der Waals surface area contributed by atoms with Crippen molar-refractivity contribution in [3.05, 3.63) is 54.0 Å². The number of nitrogens with zero attached hydrogens (tertiary/aromatic N) is 2. The fourth-order valence-electron chi connectivity index (χ4n) is 1.73. The van der Waals surface area contributed by atoms with Gasteiger partial charge in [-0.3, -0.25) is 9.89 Å². The number of aromatic nitrogens is 3. The molecule has 0 atom stereocenters. The SMILES string of the molecule is O=C(Nc1[nH]nc2ncccc12)c1ccc(F)cc1. The van der Waals surface area contributed by atoms with E-state index in [2.05, 4.69) is 20.5 Å². The number of benzene rings is 1. The smallest absolute Gasteiger partial charge is 0.256 e. The van der Waals surface area contributed by atoms with Crippen molar-refractivity contribution < 1.29 is 9.18 Å². The zero-order valence-electron chi connectivity index (χ0n) is 9.72. The van der Waals surface area contributed by atoms with Crippen LogP contribution >= 0.6 is 0 Å². The molecule has 0 aliphatic rings. The third-order valence-corrected chi connectivity index (χ3v) is 2.67. The van der Waals surface area contributed by atoms with Crippen molar-refractivity contribution in [1.29, 1.82) is 0 Å². The van der Waals surface area contributed by atoms with Gasteiger partial charge in [0.1, 0.15) is 11.6 Å². The van der Waals surface area contributed by atoms with Crippen LogP contribution in [0.25, 0.3) is 11.0 Å². The Bertz CT molecular complexity index is 736. The number of pyridine rings is 1. The van der Waals surface area contributed by atoms with E-state index in [4.69, 9.17) is 0 Å². The zero-order valence-corrected chi connectivity index (χ0v) is 9.72. The van der Waals surface area contributed by atoms with Crippen LogP contribution in [0.5, 0.6) is 0 Å². The number of aromatic amines is 1. The van der Waals surface area contributed by atoms with Gasteiger partial charge in [-0.1, -0.05) is 0 Å². The van der Waals surface area contributed by atoms with Crippen LogP contribution in [0.3, 0.4) is 0 Å². The van der Waals surface area contributed by atoms with Gasteiger partial charge in [-0.15, -0.1) is 0 Å². The lowest BCUT2D eigenvalue weighted by molar-refractivity contribution is 0.102. The first-order valence-corrected chi connectivity index (χ1v) is 5.60. The van der Waals surface area contributed by atoms with Crippen molar-refractivity contribution in [2.24, 2.45) is 0 Å². The minimum Gasteiger partial charge on any atom is -0.306 e. The van der Waals surface area contributed by atoms with Crippen molar-refractivity contribution in [3.63, 3.8) is 0 Å². The number of carbonyl (C=O) groups is 1. The molecule has 5 nitrogen and oxygen atoms in total. The van der Waals surface area contributed by atoms with E-state index in [1.54, 1.807) is 18.3 Å². The van der Waals surface area contributed by atoms with E-state index >= 15 is 0 Å². The van der Waals surface area contributed by atoms with Gasteiger partial charge in [0.2, 0.25) is 0 Å². The summed E-state index contributed by atoms with van der Waals surface area (Å²) in [5, 5.41) is 10.1. The van der Waals surface area contributed by atoms with Gasteiger partial charge in [0.25, 0.3) is 5.91 Å². The molecule has 0 saturated carbocycles. The van der Waals surface area contributed by atoms with Gasteiger partial charge in [-0.2, -0.15) is 5.10 Å². The molecule has 3 rings (SSSR count). The second-order valence-corrected chi connectivity index (χ2v) is 3.93. The monoisotopic (exact) mass is 256 g/mol. The standard InChI is InChI=1S/C13H9FN4O/c14-9-5-3-8(4-6-9)13(19)16-12-10-2-1-7-15-11(10)17-18-12/h1-7H,(H2,15,16,17,18,19). The molecule has 6 heteroatoms. The second kappa shape index (κ2) is 4.49. The summed E-state index contributed by atoms with van der Waals surface area (Å²) in [6, 6.07) is 8.86. The molecule has 0 radical (unpaired) electrons. The highest BCUT2D eigenvalue weighted by molar-refractivity contribution is 6.07. The average Bonchev–Trinajstić information content (AvgIpc) is 2.83. The number of anilines is 1. The van der Waals surface area contributed by atoms with Crippen LogP contribution in [0.15, 0.2) is 42.6 Å². The Morgan fingerprint density at radius 3 is 2.79 bits per heavy atom. The fourth-order valence-corrected chi connectivity index (χ4v) is 1.73. The summed E-state index contributed by atoms with van der Waals surface area (Å²) in [6.45, 7) is 0. The third-order valence-electron chi connectivity index (χ3n) is 2.67. The van der Waals surface area contributed by atoms with E-state index in [0.717, 1.165) is 5.39 Å². The molecule has 0 aliphatic carbocycles. The maximum Gasteiger partial charge on any atom is 0.256 e. The lowest BCUT2D eigenvalue weighted by atomic mass is 10.2. The maximum atomic E-state index is 12.8. The fraction of sp³-hybridized carbons (Fsp3) is 0. The van der Waals surface area contributed by atoms with Gasteiger partial charge < -0.3 is 5.32 Å². The number of fused-ring (bicyclic) bond motifs is 1. The van der Waals surface area contributed by atoms with Crippen molar-refractivity contribution in [1.82, 2.24) is 15.2 Å². The van der Waals surface area contributed by atoms with E-state index in [1.165, 1.54) is 24.3 Å². The summed E-state index contributed by atoms with van der Waals surface area (Å²) >= 11 is 0. The number of halogens is 1. The van der Waals surface area contributed by atoms with Crippen LogP contribution in [0, 0.1) is 5.82 Å². The van der Waals surface area contributed by atoms with Crippen LogP contribution in [-0.4, -0.2) is 21.1 Å². The third kappa shape index (κ3) is 2.15. The quantitative estimate of drug-likeness (QED) is 0.739. The lowest BCUT2D eigenvalue weighted by Gasteiger charge is -2.02. The first-order valence-electron chi connectivity index (χ1n) is 5.60. The lowest BCUT2D eigenvalue weighted by Crippen LogP contribution is -2.12. The van der Waals surface area contributed by atoms with E-state index in [0.29, 0.717) is 17.0 Å². The molecule has 19 heavy (non-hydrogen) atoms. The Balaban J connectivity index is 1.89. The molecular formula is C13H9FN4O. The molecule has 2 aromatic heterocycles. The summed E-state index contributed by atoms with van der Waals surface area (Å²) < 4.78 is 12.8. The first-order chi connectivity index (χ1) is 9.24. The molecule has 2 heterocycles. The minimum absolute atomic E-state index is 0.339. The van der Waals surface area contributed by atoms with Crippen LogP contribution in [0.4, 0.5) is 10.2 Å². The molecule has 0 fully saturated rings. The van der Waals surface area contributed by atoms with Gasteiger partial charge in [0.05, 0.1) is 5.39 Å². The molecular weight excluding hydrogens is 247 g/mol. The number of hydrogen-bond donors (Lipinski definition) is 2. The number of H-pyrrole nitrogens is 1. The minimum atomic E-state index is -0.382. The largest absolute Gasteiger partial charge is 0.306 e. The van der Waals surface area contributed by atoms with Gasteiger partial charge in [-0.05, 0) is 36.4 Å². The Morgan fingerprint density at radius 2 is 2.00 bits per heavy atom. The van der Waals surface area contributed by atoms with Gasteiger partial charge in [0.15, 0.2) is 5.65 Å². The van der Waals surface area contributed by atoms with Crippen molar-refractivity contribution >= 4 is 22.8 Å². The van der Waals surface area contributed by atoms with Crippen LogP contribution in [0.1, 0.15) is 10.4 Å². The number of hydrogen-bond acceptors (Lipinski definition) is 3. The summed E-state index contributed by atoms with van der Waals surface area (Å²) in [6.07, 6.45) is 1.62.